The Hall–Kier alpha value is -1.18. The fourth-order valence-electron chi connectivity index (χ4n) is 1.67. The molecule has 0 radical (unpaired) electrons. The minimum Gasteiger partial charge on any atom is -0.481 e. The van der Waals surface area contributed by atoms with Gasteiger partial charge in [-0.2, -0.15) is 0 Å². The second kappa shape index (κ2) is 4.36. The van der Waals surface area contributed by atoms with Crippen molar-refractivity contribution in [2.75, 3.05) is 11.4 Å². The quantitative estimate of drug-likeness (QED) is 0.824. The van der Waals surface area contributed by atoms with Crippen LogP contribution in [0.4, 0.5) is 5.69 Å². The molecule has 2 rings (SSSR count). The molecule has 2 heterocycles. The van der Waals surface area contributed by atoms with Gasteiger partial charge in [0.05, 0.1) is 17.8 Å². The molecule has 0 aliphatic carbocycles. The molecule has 1 aliphatic heterocycles. The molecule has 1 aliphatic rings. The van der Waals surface area contributed by atoms with Crippen molar-refractivity contribution in [3.8, 4) is 0 Å². The molecule has 6 heteroatoms. The van der Waals surface area contributed by atoms with E-state index in [0.717, 1.165) is 3.57 Å². The molecule has 1 atom stereocenters. The Bertz CT molecular complexity index is 449. The van der Waals surface area contributed by atoms with E-state index in [1.807, 2.05) is 0 Å². The number of carbonyl (C=O) groups is 2. The molecule has 1 fully saturated rings. The van der Waals surface area contributed by atoms with Crippen LogP contribution in [0.25, 0.3) is 0 Å². The number of hydrogen-bond acceptors (Lipinski definition) is 3. The van der Waals surface area contributed by atoms with Crippen LogP contribution in [-0.4, -0.2) is 28.5 Å². The number of aliphatic carboxylic acids is 1. The van der Waals surface area contributed by atoms with Gasteiger partial charge in [-0.1, -0.05) is 0 Å². The van der Waals surface area contributed by atoms with Crippen LogP contribution >= 0.6 is 22.6 Å². The summed E-state index contributed by atoms with van der Waals surface area (Å²) in [4.78, 5) is 27.9. The molecule has 5 nitrogen and oxygen atoms in total. The Balaban J connectivity index is 2.27. The lowest BCUT2D eigenvalue weighted by molar-refractivity contribution is -0.141. The van der Waals surface area contributed by atoms with Gasteiger partial charge in [-0.25, -0.2) is 0 Å². The average molecular weight is 332 g/mol. The summed E-state index contributed by atoms with van der Waals surface area (Å²) in [6.07, 6.45) is 3.30. The fourth-order valence-corrected chi connectivity index (χ4v) is 2.26. The molecule has 1 aromatic rings. The zero-order valence-electron chi connectivity index (χ0n) is 8.26. The van der Waals surface area contributed by atoms with Gasteiger partial charge in [0, 0.05) is 22.7 Å². The maximum absolute atomic E-state index is 11.7. The first-order valence-corrected chi connectivity index (χ1v) is 5.80. The number of anilines is 1. The summed E-state index contributed by atoms with van der Waals surface area (Å²) in [5.74, 6) is -1.68. The van der Waals surface area contributed by atoms with Gasteiger partial charge in [-0.15, -0.1) is 0 Å². The Morgan fingerprint density at radius 3 is 2.94 bits per heavy atom. The second-order valence-electron chi connectivity index (χ2n) is 3.57. The molecule has 0 saturated carbocycles. The Labute approximate surface area is 106 Å². The summed E-state index contributed by atoms with van der Waals surface area (Å²) in [6.45, 7) is 0.232. The van der Waals surface area contributed by atoms with Crippen molar-refractivity contribution in [1.82, 2.24) is 4.98 Å². The van der Waals surface area contributed by atoms with E-state index < -0.39 is 11.9 Å². The number of hydrogen-bond donors (Lipinski definition) is 1. The number of rotatable bonds is 2. The molecule has 1 aromatic heterocycles. The summed E-state index contributed by atoms with van der Waals surface area (Å²) in [6, 6.07) is 1.79. The van der Waals surface area contributed by atoms with Crippen molar-refractivity contribution < 1.29 is 14.7 Å². The number of pyridine rings is 1. The Morgan fingerprint density at radius 1 is 1.62 bits per heavy atom. The molecule has 1 unspecified atom stereocenters. The van der Waals surface area contributed by atoms with Crippen molar-refractivity contribution in [2.45, 2.75) is 6.42 Å². The zero-order chi connectivity index (χ0) is 11.7. The molecule has 16 heavy (non-hydrogen) atoms. The van der Waals surface area contributed by atoms with Gasteiger partial charge in [-0.05, 0) is 28.7 Å². The molecular weight excluding hydrogens is 323 g/mol. The topological polar surface area (TPSA) is 70.5 Å². The maximum atomic E-state index is 11.7. The van der Waals surface area contributed by atoms with E-state index in [2.05, 4.69) is 27.6 Å². The van der Waals surface area contributed by atoms with Crippen LogP contribution in [0.5, 0.6) is 0 Å². The highest BCUT2D eigenvalue weighted by Crippen LogP contribution is 2.28. The van der Waals surface area contributed by atoms with Gasteiger partial charge in [-0.3, -0.25) is 14.6 Å². The van der Waals surface area contributed by atoms with Crippen molar-refractivity contribution in [3.63, 3.8) is 0 Å². The van der Waals surface area contributed by atoms with E-state index in [9.17, 15) is 9.59 Å². The highest BCUT2D eigenvalue weighted by atomic mass is 127. The third-order valence-corrected chi connectivity index (χ3v) is 3.43. The number of carboxylic acid groups (broad SMARTS) is 1. The van der Waals surface area contributed by atoms with Gasteiger partial charge >= 0.3 is 5.97 Å². The molecule has 0 bridgehead atoms. The first-order valence-electron chi connectivity index (χ1n) is 4.72. The van der Waals surface area contributed by atoms with E-state index >= 15 is 0 Å². The summed E-state index contributed by atoms with van der Waals surface area (Å²) in [7, 11) is 0. The molecular formula is C10H9IN2O3. The molecule has 1 amide bonds. The van der Waals surface area contributed by atoms with Gasteiger partial charge in [0.1, 0.15) is 0 Å². The third-order valence-electron chi connectivity index (χ3n) is 2.51. The van der Waals surface area contributed by atoms with Gasteiger partial charge < -0.3 is 10.0 Å². The molecule has 0 spiro atoms. The highest BCUT2D eigenvalue weighted by Gasteiger charge is 2.35. The van der Waals surface area contributed by atoms with Crippen LogP contribution in [-0.2, 0) is 9.59 Å². The fraction of sp³-hybridized carbons (Fsp3) is 0.300. The van der Waals surface area contributed by atoms with Gasteiger partial charge in [0.25, 0.3) is 0 Å². The van der Waals surface area contributed by atoms with Crippen LogP contribution in [0.3, 0.4) is 0 Å². The lowest BCUT2D eigenvalue weighted by Crippen LogP contribution is -2.26. The van der Waals surface area contributed by atoms with Crippen LogP contribution in [0, 0.1) is 9.49 Å². The van der Waals surface area contributed by atoms with Crippen molar-refractivity contribution in [2.24, 2.45) is 5.92 Å². The smallest absolute Gasteiger partial charge is 0.308 e. The van der Waals surface area contributed by atoms with E-state index in [1.165, 1.54) is 4.90 Å². The molecule has 0 aromatic carbocycles. The lowest BCUT2D eigenvalue weighted by Gasteiger charge is -2.16. The Morgan fingerprint density at radius 2 is 2.38 bits per heavy atom. The van der Waals surface area contributed by atoms with Crippen LogP contribution < -0.4 is 4.90 Å². The van der Waals surface area contributed by atoms with Crippen molar-refractivity contribution in [3.05, 3.63) is 22.0 Å². The zero-order valence-corrected chi connectivity index (χ0v) is 10.4. The van der Waals surface area contributed by atoms with Crippen LogP contribution in [0.15, 0.2) is 18.5 Å². The Kier molecular flexibility index (Phi) is 3.08. The van der Waals surface area contributed by atoms with E-state index in [0.29, 0.717) is 5.69 Å². The number of halogens is 1. The predicted octanol–water partition coefficient (Wildman–Crippen LogP) is 1.12. The highest BCUT2D eigenvalue weighted by molar-refractivity contribution is 14.1. The van der Waals surface area contributed by atoms with Crippen LogP contribution in [0.1, 0.15) is 6.42 Å². The van der Waals surface area contributed by atoms with E-state index in [1.54, 1.807) is 18.5 Å². The second-order valence-corrected chi connectivity index (χ2v) is 4.73. The average Bonchev–Trinajstić information content (AvgIpc) is 2.61. The minimum atomic E-state index is -0.922. The van der Waals surface area contributed by atoms with Crippen LogP contribution in [0.2, 0.25) is 0 Å². The lowest BCUT2D eigenvalue weighted by atomic mass is 10.1. The van der Waals surface area contributed by atoms with Crippen molar-refractivity contribution >= 4 is 40.2 Å². The molecule has 84 valence electrons. The number of aromatic nitrogens is 1. The summed E-state index contributed by atoms with van der Waals surface area (Å²) >= 11 is 2.10. The largest absolute Gasteiger partial charge is 0.481 e. The number of nitrogens with zero attached hydrogens (tertiary/aromatic N) is 2. The summed E-state index contributed by atoms with van der Waals surface area (Å²) in [5.41, 5.74) is 0.692. The standard InChI is InChI=1S/C10H9IN2O3/c11-7-1-2-12-4-8(7)13-5-6(10(15)16)3-9(13)14/h1-2,4,6H,3,5H2,(H,15,16). The van der Waals surface area contributed by atoms with Gasteiger partial charge in [0.15, 0.2) is 0 Å². The number of carboxylic acids is 1. The third kappa shape index (κ3) is 2.01. The summed E-state index contributed by atoms with van der Waals surface area (Å²) in [5, 5.41) is 8.87. The van der Waals surface area contributed by atoms with E-state index in [4.69, 9.17) is 5.11 Å². The predicted molar refractivity (Wildman–Crippen MR) is 65.0 cm³/mol. The summed E-state index contributed by atoms with van der Waals surface area (Å²) < 4.78 is 0.895. The van der Waals surface area contributed by atoms with E-state index in [-0.39, 0.29) is 18.9 Å². The van der Waals surface area contributed by atoms with Gasteiger partial charge in [0.2, 0.25) is 5.91 Å². The first kappa shape index (κ1) is 11.3. The number of carbonyl (C=O) groups excluding carboxylic acids is 1. The molecule has 1 N–H and O–H groups in total. The molecule has 1 saturated heterocycles. The number of amides is 1. The maximum Gasteiger partial charge on any atom is 0.308 e. The SMILES string of the molecule is O=C(O)C1CC(=O)N(c2cnccc2I)C1. The monoisotopic (exact) mass is 332 g/mol. The minimum absolute atomic E-state index is 0.0697. The van der Waals surface area contributed by atoms with Crippen molar-refractivity contribution in [1.29, 1.82) is 0 Å². The first-order chi connectivity index (χ1) is 7.59. The normalized spacial score (nSPS) is 20.2.